The Bertz CT molecular complexity index is 295. The van der Waals surface area contributed by atoms with Crippen molar-refractivity contribution in [3.05, 3.63) is 0 Å². The van der Waals surface area contributed by atoms with Crippen LogP contribution in [0.4, 0.5) is 0 Å². The van der Waals surface area contributed by atoms with Gasteiger partial charge in [0.05, 0.1) is 13.2 Å². The predicted octanol–water partition coefficient (Wildman–Crippen LogP) is 1.96. The molecular weight excluding hydrogens is 256 g/mol. The first-order valence-electron chi connectivity index (χ1n) is 7.15. The van der Waals surface area contributed by atoms with Crippen molar-refractivity contribution in [3.8, 4) is 0 Å². The van der Waals surface area contributed by atoms with Crippen molar-refractivity contribution in [2.75, 3.05) is 34.4 Å². The Morgan fingerprint density at radius 2 is 1.75 bits per heavy atom. The molecule has 0 aliphatic rings. The molecule has 20 heavy (non-hydrogen) atoms. The summed E-state index contributed by atoms with van der Waals surface area (Å²) in [7, 11) is 5.50. The van der Waals surface area contributed by atoms with Crippen LogP contribution in [-0.2, 0) is 14.3 Å². The summed E-state index contributed by atoms with van der Waals surface area (Å²) in [5.41, 5.74) is -0.222. The van der Waals surface area contributed by atoms with Crippen LogP contribution in [0.2, 0.25) is 0 Å². The van der Waals surface area contributed by atoms with Gasteiger partial charge >= 0.3 is 0 Å². The Morgan fingerprint density at radius 1 is 1.20 bits per heavy atom. The highest BCUT2D eigenvalue weighted by Crippen LogP contribution is 2.19. The van der Waals surface area contributed by atoms with Crippen molar-refractivity contribution in [1.29, 1.82) is 0 Å². The van der Waals surface area contributed by atoms with Gasteiger partial charge in [-0.3, -0.25) is 9.69 Å². The minimum atomic E-state index is -0.630. The fraction of sp³-hybridized carbons (Fsp3) is 0.933. The number of rotatable bonds is 10. The Balaban J connectivity index is 4.41. The van der Waals surface area contributed by atoms with Crippen molar-refractivity contribution < 1.29 is 14.3 Å². The number of amides is 1. The Labute approximate surface area is 124 Å². The Hall–Kier alpha value is -0.650. The van der Waals surface area contributed by atoms with E-state index >= 15 is 0 Å². The van der Waals surface area contributed by atoms with Crippen molar-refractivity contribution >= 4 is 6.41 Å². The van der Waals surface area contributed by atoms with Crippen molar-refractivity contribution in [3.63, 3.8) is 0 Å². The van der Waals surface area contributed by atoms with E-state index < -0.39 is 5.79 Å². The monoisotopic (exact) mass is 288 g/mol. The summed E-state index contributed by atoms with van der Waals surface area (Å²) in [4.78, 5) is 14.7. The third-order valence-electron chi connectivity index (χ3n) is 4.08. The molecule has 0 saturated carbocycles. The normalized spacial score (nSPS) is 15.5. The fourth-order valence-electron chi connectivity index (χ4n) is 1.64. The molecule has 1 unspecified atom stereocenters. The standard InChI is InChI=1S/C15H32N2O3/c1-13(2)16(6)11-15(5,19-8)20-10-9-14(3,4)17(7)12-18/h12-13H,9-11H2,1-8H3. The molecule has 0 bridgehead atoms. The molecule has 0 aromatic heterocycles. The molecule has 0 saturated heterocycles. The molecule has 1 amide bonds. The molecule has 0 spiro atoms. The first kappa shape index (κ1) is 19.4. The van der Waals surface area contributed by atoms with E-state index in [1.165, 1.54) is 0 Å². The van der Waals surface area contributed by atoms with Crippen LogP contribution >= 0.6 is 0 Å². The zero-order valence-electron chi connectivity index (χ0n) is 14.4. The molecule has 0 aliphatic heterocycles. The molecule has 0 aromatic rings. The van der Waals surface area contributed by atoms with Crippen molar-refractivity contribution in [1.82, 2.24) is 9.80 Å². The lowest BCUT2D eigenvalue weighted by molar-refractivity contribution is -0.222. The Morgan fingerprint density at radius 3 is 2.15 bits per heavy atom. The van der Waals surface area contributed by atoms with E-state index in [1.807, 2.05) is 20.8 Å². The van der Waals surface area contributed by atoms with Gasteiger partial charge < -0.3 is 14.4 Å². The van der Waals surface area contributed by atoms with Gasteiger partial charge in [-0.25, -0.2) is 0 Å². The predicted molar refractivity (Wildman–Crippen MR) is 81.7 cm³/mol. The summed E-state index contributed by atoms with van der Waals surface area (Å²) in [6.45, 7) is 11.5. The number of nitrogens with zero attached hydrogens (tertiary/aromatic N) is 2. The van der Waals surface area contributed by atoms with Crippen LogP contribution in [-0.4, -0.2) is 67.9 Å². The number of carbonyl (C=O) groups is 1. The van der Waals surface area contributed by atoms with E-state index in [9.17, 15) is 4.79 Å². The lowest BCUT2D eigenvalue weighted by Crippen LogP contribution is -2.47. The molecule has 0 aromatic carbocycles. The van der Waals surface area contributed by atoms with Crippen molar-refractivity contribution in [2.24, 2.45) is 0 Å². The van der Waals surface area contributed by atoms with Gasteiger partial charge in [0.2, 0.25) is 6.41 Å². The molecule has 0 heterocycles. The topological polar surface area (TPSA) is 42.0 Å². The molecule has 0 fully saturated rings. The molecule has 1 atom stereocenters. The fourth-order valence-corrected chi connectivity index (χ4v) is 1.64. The highest BCUT2D eigenvalue weighted by molar-refractivity contribution is 5.47. The summed E-state index contributed by atoms with van der Waals surface area (Å²) in [5.74, 6) is -0.630. The summed E-state index contributed by atoms with van der Waals surface area (Å²) in [5, 5.41) is 0. The molecule has 0 radical (unpaired) electrons. The first-order valence-corrected chi connectivity index (χ1v) is 7.15. The smallest absolute Gasteiger partial charge is 0.209 e. The maximum absolute atomic E-state index is 10.8. The average molecular weight is 288 g/mol. The highest BCUT2D eigenvalue weighted by Gasteiger charge is 2.29. The molecular formula is C15H32N2O3. The van der Waals surface area contributed by atoms with Gasteiger partial charge in [0.25, 0.3) is 0 Å². The van der Waals surface area contributed by atoms with Crippen LogP contribution in [0, 0.1) is 0 Å². The quantitative estimate of drug-likeness (QED) is 0.455. The van der Waals surface area contributed by atoms with Gasteiger partial charge in [0, 0.05) is 25.7 Å². The van der Waals surface area contributed by atoms with Gasteiger partial charge in [-0.15, -0.1) is 0 Å². The van der Waals surface area contributed by atoms with E-state index in [1.54, 1.807) is 19.1 Å². The number of hydrogen-bond acceptors (Lipinski definition) is 4. The minimum Gasteiger partial charge on any atom is -0.352 e. The van der Waals surface area contributed by atoms with Crippen LogP contribution in [0.3, 0.4) is 0 Å². The van der Waals surface area contributed by atoms with Gasteiger partial charge in [-0.1, -0.05) is 0 Å². The van der Waals surface area contributed by atoms with Crippen LogP contribution in [0.25, 0.3) is 0 Å². The van der Waals surface area contributed by atoms with E-state index in [4.69, 9.17) is 9.47 Å². The van der Waals surface area contributed by atoms with Gasteiger partial charge in [0.1, 0.15) is 0 Å². The van der Waals surface area contributed by atoms with E-state index in [-0.39, 0.29) is 5.54 Å². The lowest BCUT2D eigenvalue weighted by Gasteiger charge is -2.37. The van der Waals surface area contributed by atoms with Crippen molar-refractivity contribution in [2.45, 2.75) is 58.4 Å². The minimum absolute atomic E-state index is 0.222. The Kier molecular flexibility index (Phi) is 7.70. The number of carbonyl (C=O) groups excluding carboxylic acids is 1. The third kappa shape index (κ3) is 6.20. The zero-order chi connectivity index (χ0) is 16.0. The highest BCUT2D eigenvalue weighted by atomic mass is 16.7. The van der Waals surface area contributed by atoms with Crippen LogP contribution in [0.1, 0.15) is 41.0 Å². The average Bonchev–Trinajstić information content (AvgIpc) is 2.37. The van der Waals surface area contributed by atoms with Gasteiger partial charge in [-0.05, 0) is 48.1 Å². The molecule has 5 nitrogen and oxygen atoms in total. The molecule has 5 heteroatoms. The number of likely N-dealkylation sites (N-methyl/N-ethyl adjacent to an activating group) is 1. The van der Waals surface area contributed by atoms with E-state index in [0.29, 0.717) is 19.2 Å². The molecule has 0 aliphatic carbocycles. The first-order chi connectivity index (χ1) is 9.08. The second-order valence-electron chi connectivity index (χ2n) is 6.47. The lowest BCUT2D eigenvalue weighted by atomic mass is 10.00. The zero-order valence-corrected chi connectivity index (χ0v) is 14.4. The summed E-state index contributed by atoms with van der Waals surface area (Å²) in [6, 6.07) is 0.436. The van der Waals surface area contributed by atoms with E-state index in [0.717, 1.165) is 12.8 Å². The maximum Gasteiger partial charge on any atom is 0.209 e. The molecule has 120 valence electrons. The van der Waals surface area contributed by atoms with Crippen LogP contribution in [0.15, 0.2) is 0 Å². The summed E-state index contributed by atoms with van der Waals surface area (Å²) < 4.78 is 11.4. The van der Waals surface area contributed by atoms with Crippen LogP contribution in [0.5, 0.6) is 0 Å². The number of hydrogen-bond donors (Lipinski definition) is 0. The third-order valence-corrected chi connectivity index (χ3v) is 4.08. The largest absolute Gasteiger partial charge is 0.352 e. The SMILES string of the molecule is COC(C)(CN(C)C(C)C)OCCC(C)(C)N(C)C=O. The van der Waals surface area contributed by atoms with Gasteiger partial charge in [-0.2, -0.15) is 0 Å². The second-order valence-corrected chi connectivity index (χ2v) is 6.47. The molecule has 0 rings (SSSR count). The number of methoxy groups -OCH3 is 1. The summed E-state index contributed by atoms with van der Waals surface area (Å²) in [6.07, 6.45) is 1.61. The molecule has 0 N–H and O–H groups in total. The van der Waals surface area contributed by atoms with Gasteiger partial charge in [0.15, 0.2) is 5.79 Å². The summed E-state index contributed by atoms with van der Waals surface area (Å²) >= 11 is 0. The maximum atomic E-state index is 10.8. The van der Waals surface area contributed by atoms with E-state index in [2.05, 4.69) is 25.8 Å². The number of ether oxygens (including phenoxy) is 2. The second kappa shape index (κ2) is 7.96. The van der Waals surface area contributed by atoms with Crippen LogP contribution < -0.4 is 0 Å².